The van der Waals surface area contributed by atoms with Crippen molar-refractivity contribution in [1.29, 1.82) is 0 Å². The number of hydrogen-bond donors (Lipinski definition) is 3. The summed E-state index contributed by atoms with van der Waals surface area (Å²) in [7, 11) is 0. The fourth-order valence-corrected chi connectivity index (χ4v) is 1.90. The Morgan fingerprint density at radius 3 is 2.79 bits per heavy atom. The number of nitrogens with two attached hydrogens (primary N) is 1. The Bertz CT molecular complexity index is 520. The van der Waals surface area contributed by atoms with Crippen LogP contribution >= 0.6 is 0 Å². The molecule has 0 bridgehead atoms. The summed E-state index contributed by atoms with van der Waals surface area (Å²) in [6.07, 6.45) is 0. The quantitative estimate of drug-likeness (QED) is 0.681. The monoisotopic (exact) mass is 268 g/mol. The van der Waals surface area contributed by atoms with E-state index in [9.17, 15) is 14.0 Å². The normalized spacial score (nSPS) is 22.2. The van der Waals surface area contributed by atoms with Crippen LogP contribution in [0.3, 0.4) is 0 Å². The molecule has 4 N–H and O–H groups in total. The van der Waals surface area contributed by atoms with Gasteiger partial charge < -0.3 is 20.9 Å². The molecule has 1 heterocycles. The average Bonchev–Trinajstić information content (AvgIpc) is 2.76. The minimum atomic E-state index is -1.06. The second-order valence-corrected chi connectivity index (χ2v) is 4.30. The van der Waals surface area contributed by atoms with E-state index in [0.29, 0.717) is 0 Å². The lowest BCUT2D eigenvalue weighted by Crippen LogP contribution is -2.42. The Kier molecular flexibility index (Phi) is 3.66. The Labute approximate surface area is 108 Å². The van der Waals surface area contributed by atoms with Crippen LogP contribution in [0, 0.1) is 11.7 Å². The highest BCUT2D eigenvalue weighted by molar-refractivity contribution is 5.95. The topological polar surface area (TPSA) is 102 Å². The van der Waals surface area contributed by atoms with Crippen LogP contribution in [0.4, 0.5) is 10.1 Å². The van der Waals surface area contributed by atoms with Gasteiger partial charge in [0, 0.05) is 5.69 Å². The Balaban J connectivity index is 2.10. The number of carboxylic acid groups (broad SMARTS) is 1. The molecule has 6 nitrogen and oxygen atoms in total. The zero-order valence-corrected chi connectivity index (χ0v) is 9.93. The first-order valence-corrected chi connectivity index (χ1v) is 5.65. The molecule has 19 heavy (non-hydrogen) atoms. The summed E-state index contributed by atoms with van der Waals surface area (Å²) in [5.74, 6) is -3.30. The van der Waals surface area contributed by atoms with Crippen LogP contribution in [0.2, 0.25) is 0 Å². The van der Waals surface area contributed by atoms with Crippen molar-refractivity contribution in [2.75, 3.05) is 18.9 Å². The van der Waals surface area contributed by atoms with Crippen LogP contribution in [0.1, 0.15) is 10.4 Å². The van der Waals surface area contributed by atoms with Crippen LogP contribution in [-0.2, 0) is 9.53 Å². The highest BCUT2D eigenvalue weighted by Gasteiger charge is 2.35. The molecule has 7 heteroatoms. The van der Waals surface area contributed by atoms with E-state index in [1.54, 1.807) is 0 Å². The number of anilines is 1. The molecule has 1 fully saturated rings. The maximum Gasteiger partial charge on any atom is 0.311 e. The number of carboxylic acids is 1. The Hall–Kier alpha value is -2.15. The summed E-state index contributed by atoms with van der Waals surface area (Å²) in [6.45, 7) is 0.129. The highest BCUT2D eigenvalue weighted by atomic mass is 19.1. The van der Waals surface area contributed by atoms with E-state index in [4.69, 9.17) is 15.6 Å². The minimum Gasteiger partial charge on any atom is -0.481 e. The molecule has 1 aliphatic rings. The molecule has 2 atom stereocenters. The van der Waals surface area contributed by atoms with Crippen molar-refractivity contribution < 1.29 is 23.8 Å². The molecule has 1 aliphatic heterocycles. The average molecular weight is 268 g/mol. The van der Waals surface area contributed by atoms with Gasteiger partial charge in [0.15, 0.2) is 0 Å². The van der Waals surface area contributed by atoms with Gasteiger partial charge in [0.05, 0.1) is 24.8 Å². The lowest BCUT2D eigenvalue weighted by atomic mass is 10.0. The SMILES string of the molecule is Nc1ccc(C(=O)NC2COCC2C(=O)O)c(F)c1. The van der Waals surface area contributed by atoms with Crippen molar-refractivity contribution in [3.8, 4) is 0 Å². The molecule has 2 unspecified atom stereocenters. The van der Waals surface area contributed by atoms with Crippen LogP contribution in [0.5, 0.6) is 0 Å². The van der Waals surface area contributed by atoms with E-state index in [1.807, 2.05) is 0 Å². The third kappa shape index (κ3) is 2.82. The standard InChI is InChI=1S/C12H13FN2O4/c13-9-3-6(14)1-2-7(9)11(16)15-10-5-19-4-8(10)12(17)18/h1-3,8,10H,4-5,14H2,(H,15,16)(H,17,18). The molecule has 1 saturated heterocycles. The maximum atomic E-state index is 13.5. The highest BCUT2D eigenvalue weighted by Crippen LogP contribution is 2.16. The molecule has 102 valence electrons. The first-order valence-electron chi connectivity index (χ1n) is 5.65. The van der Waals surface area contributed by atoms with Crippen LogP contribution in [0.25, 0.3) is 0 Å². The summed E-state index contributed by atoms with van der Waals surface area (Å²) in [5, 5.41) is 11.4. The van der Waals surface area contributed by atoms with Crippen molar-refractivity contribution in [3.05, 3.63) is 29.6 Å². The summed E-state index contributed by atoms with van der Waals surface area (Å²) in [4.78, 5) is 22.8. The van der Waals surface area contributed by atoms with Gasteiger partial charge in [0.2, 0.25) is 0 Å². The van der Waals surface area contributed by atoms with Gasteiger partial charge in [-0.3, -0.25) is 9.59 Å². The number of aliphatic carboxylic acids is 1. The van der Waals surface area contributed by atoms with Crippen LogP contribution in [-0.4, -0.2) is 36.2 Å². The predicted molar refractivity (Wildman–Crippen MR) is 64.0 cm³/mol. The molecule has 2 rings (SSSR count). The number of amides is 1. The number of nitrogen functional groups attached to an aromatic ring is 1. The summed E-state index contributed by atoms with van der Waals surface area (Å²) >= 11 is 0. The van der Waals surface area contributed by atoms with E-state index in [1.165, 1.54) is 12.1 Å². The molecule has 0 radical (unpaired) electrons. The van der Waals surface area contributed by atoms with E-state index < -0.39 is 29.7 Å². The van der Waals surface area contributed by atoms with Gasteiger partial charge in [-0.05, 0) is 18.2 Å². The number of rotatable bonds is 3. The number of halogens is 1. The second-order valence-electron chi connectivity index (χ2n) is 4.30. The maximum absolute atomic E-state index is 13.5. The van der Waals surface area contributed by atoms with Crippen molar-refractivity contribution in [2.24, 2.45) is 5.92 Å². The summed E-state index contributed by atoms with van der Waals surface area (Å²) in [6, 6.07) is 3.03. The lowest BCUT2D eigenvalue weighted by molar-refractivity contribution is -0.142. The Morgan fingerprint density at radius 2 is 2.16 bits per heavy atom. The van der Waals surface area contributed by atoms with Crippen molar-refractivity contribution in [1.82, 2.24) is 5.32 Å². The Morgan fingerprint density at radius 1 is 1.42 bits per heavy atom. The van der Waals surface area contributed by atoms with E-state index in [2.05, 4.69) is 5.32 Å². The van der Waals surface area contributed by atoms with E-state index >= 15 is 0 Å². The first kappa shape index (κ1) is 13.3. The van der Waals surface area contributed by atoms with Crippen LogP contribution < -0.4 is 11.1 Å². The fraction of sp³-hybridized carbons (Fsp3) is 0.333. The molecule has 0 aromatic heterocycles. The molecular formula is C12H13FN2O4. The predicted octanol–water partition coefficient (Wildman–Crippen LogP) is 0.237. The number of ether oxygens (including phenoxy) is 1. The van der Waals surface area contributed by atoms with Gasteiger partial charge in [-0.25, -0.2) is 4.39 Å². The molecule has 0 aliphatic carbocycles. The van der Waals surface area contributed by atoms with Gasteiger partial charge >= 0.3 is 5.97 Å². The number of carbonyl (C=O) groups is 2. The second kappa shape index (κ2) is 5.23. The zero-order chi connectivity index (χ0) is 14.0. The third-order valence-corrected chi connectivity index (χ3v) is 2.95. The molecule has 0 spiro atoms. The van der Waals surface area contributed by atoms with Gasteiger partial charge in [-0.15, -0.1) is 0 Å². The van der Waals surface area contributed by atoms with Gasteiger partial charge in [0.25, 0.3) is 5.91 Å². The van der Waals surface area contributed by atoms with E-state index in [-0.39, 0.29) is 24.5 Å². The third-order valence-electron chi connectivity index (χ3n) is 2.95. The molecule has 1 aromatic carbocycles. The largest absolute Gasteiger partial charge is 0.481 e. The van der Waals surface area contributed by atoms with Crippen molar-refractivity contribution in [2.45, 2.75) is 6.04 Å². The van der Waals surface area contributed by atoms with Crippen molar-refractivity contribution >= 4 is 17.6 Å². The number of carbonyl (C=O) groups excluding carboxylic acids is 1. The molecule has 1 amide bonds. The van der Waals surface area contributed by atoms with E-state index in [0.717, 1.165) is 6.07 Å². The lowest BCUT2D eigenvalue weighted by Gasteiger charge is -2.15. The zero-order valence-electron chi connectivity index (χ0n) is 9.93. The smallest absolute Gasteiger partial charge is 0.311 e. The number of benzene rings is 1. The summed E-state index contributed by atoms with van der Waals surface area (Å²) in [5.41, 5.74) is 5.42. The fourth-order valence-electron chi connectivity index (χ4n) is 1.90. The molecule has 1 aromatic rings. The number of nitrogens with one attached hydrogen (secondary N) is 1. The van der Waals surface area contributed by atoms with Gasteiger partial charge in [-0.1, -0.05) is 0 Å². The molecule has 0 saturated carbocycles. The first-order chi connectivity index (χ1) is 8.99. The summed E-state index contributed by atoms with van der Waals surface area (Å²) < 4.78 is 18.5. The minimum absolute atomic E-state index is 0.0322. The number of hydrogen-bond acceptors (Lipinski definition) is 4. The van der Waals surface area contributed by atoms with Crippen LogP contribution in [0.15, 0.2) is 18.2 Å². The molecular weight excluding hydrogens is 255 g/mol. The van der Waals surface area contributed by atoms with Crippen molar-refractivity contribution in [3.63, 3.8) is 0 Å². The van der Waals surface area contributed by atoms with Gasteiger partial charge in [0.1, 0.15) is 11.7 Å². The van der Waals surface area contributed by atoms with Gasteiger partial charge in [-0.2, -0.15) is 0 Å².